The molecule has 1 aromatic heterocycles. The number of phenolic OH excluding ortho intramolecular Hbond substituents is 1. The number of para-hydroxylation sites is 1. The van der Waals surface area contributed by atoms with E-state index in [1.807, 2.05) is 14.0 Å². The van der Waals surface area contributed by atoms with Crippen LogP contribution >= 0.6 is 11.7 Å². The number of aromatic nitrogens is 2. The number of anilines is 2. The van der Waals surface area contributed by atoms with E-state index in [0.29, 0.717) is 30.3 Å². The Kier molecular flexibility index (Phi) is 7.76. The second kappa shape index (κ2) is 10.0. The summed E-state index contributed by atoms with van der Waals surface area (Å²) in [4.78, 5) is 12.9. The lowest BCUT2D eigenvalue weighted by Crippen LogP contribution is -2.34. The summed E-state index contributed by atoms with van der Waals surface area (Å²) in [6.07, 6.45) is 2.67. The van der Waals surface area contributed by atoms with Crippen LogP contribution in [0.3, 0.4) is 0 Å². The molecule has 1 aliphatic rings. The molecule has 8 nitrogen and oxygen atoms in total. The maximum atomic E-state index is 10.7. The lowest BCUT2D eigenvalue weighted by atomic mass is 10.1. The Bertz CT molecular complexity index is 702. The number of carbonyl (C=O) groups is 1. The lowest BCUT2D eigenvalue weighted by Gasteiger charge is -2.25. The van der Waals surface area contributed by atoms with Gasteiger partial charge in [-0.2, -0.15) is 4.37 Å². The van der Waals surface area contributed by atoms with E-state index in [0.717, 1.165) is 37.7 Å². The Morgan fingerprint density at radius 2 is 2.27 bits per heavy atom. The average Bonchev–Trinajstić information content (AvgIpc) is 3.04. The van der Waals surface area contributed by atoms with Crippen LogP contribution in [-0.4, -0.2) is 63.0 Å². The standard InChI is InChI=1S/C11H11N3O3S.C6H13NO/c1-2-17-11-10(13-18-14-11)12-8-5-3-4-7(6-15)9(8)16;1-7-4-2-3-6(8)5-7/h3-6,16H,2H2,1H3,(H,12,13);6,8H,2-5H2,1H3. The van der Waals surface area contributed by atoms with Crippen LogP contribution in [-0.2, 0) is 0 Å². The normalized spacial score (nSPS) is 17.1. The molecule has 0 spiro atoms. The molecule has 1 fully saturated rings. The third kappa shape index (κ3) is 5.65. The van der Waals surface area contributed by atoms with Gasteiger partial charge in [0.05, 0.1) is 35.7 Å². The Labute approximate surface area is 156 Å². The summed E-state index contributed by atoms with van der Waals surface area (Å²) in [5.74, 6) is 0.668. The number of hydrogen-bond acceptors (Lipinski definition) is 9. The van der Waals surface area contributed by atoms with Crippen molar-refractivity contribution in [2.45, 2.75) is 25.9 Å². The number of aromatic hydroxyl groups is 1. The molecule has 0 aliphatic carbocycles. The van der Waals surface area contributed by atoms with Gasteiger partial charge in [-0.05, 0) is 45.5 Å². The molecule has 1 aliphatic heterocycles. The van der Waals surface area contributed by atoms with Gasteiger partial charge in [-0.15, -0.1) is 4.37 Å². The first-order valence-corrected chi connectivity index (χ1v) is 9.14. The molecule has 9 heteroatoms. The highest BCUT2D eigenvalue weighted by Gasteiger charge is 2.13. The summed E-state index contributed by atoms with van der Waals surface area (Å²) in [6, 6.07) is 4.82. The Morgan fingerprint density at radius 1 is 1.46 bits per heavy atom. The smallest absolute Gasteiger partial charge is 0.271 e. The van der Waals surface area contributed by atoms with Crippen molar-refractivity contribution in [3.63, 3.8) is 0 Å². The minimum Gasteiger partial charge on any atom is -0.505 e. The monoisotopic (exact) mass is 380 g/mol. The maximum Gasteiger partial charge on any atom is 0.271 e. The van der Waals surface area contributed by atoms with Crippen molar-refractivity contribution in [1.29, 1.82) is 0 Å². The highest BCUT2D eigenvalue weighted by atomic mass is 32.1. The van der Waals surface area contributed by atoms with Crippen molar-refractivity contribution < 1.29 is 19.7 Å². The SMILES string of the molecule is CCOc1nsnc1Nc1cccc(C=O)c1O.CN1CCCC(O)C1. The highest BCUT2D eigenvalue weighted by molar-refractivity contribution is 6.99. The highest BCUT2D eigenvalue weighted by Crippen LogP contribution is 2.32. The van der Waals surface area contributed by atoms with Crippen molar-refractivity contribution in [3.05, 3.63) is 23.8 Å². The van der Waals surface area contributed by atoms with Gasteiger partial charge in [-0.1, -0.05) is 6.07 Å². The molecule has 2 aromatic rings. The second-order valence-electron chi connectivity index (χ2n) is 5.90. The topological polar surface area (TPSA) is 108 Å². The number of likely N-dealkylation sites (N-methyl/N-ethyl adjacent to an activating group) is 1. The minimum absolute atomic E-state index is 0.0613. The molecule has 1 unspecified atom stereocenters. The number of likely N-dealkylation sites (tertiary alicyclic amines) is 1. The van der Waals surface area contributed by atoms with E-state index in [4.69, 9.17) is 9.84 Å². The maximum absolute atomic E-state index is 10.7. The van der Waals surface area contributed by atoms with E-state index in [9.17, 15) is 9.90 Å². The van der Waals surface area contributed by atoms with Gasteiger partial charge in [0.1, 0.15) is 5.75 Å². The van der Waals surface area contributed by atoms with Crippen LogP contribution < -0.4 is 10.1 Å². The predicted octanol–water partition coefficient (Wildman–Crippen LogP) is 2.27. The van der Waals surface area contributed by atoms with Crippen LogP contribution in [0.15, 0.2) is 18.2 Å². The van der Waals surface area contributed by atoms with Crippen molar-refractivity contribution in [2.24, 2.45) is 0 Å². The van der Waals surface area contributed by atoms with Crippen molar-refractivity contribution in [2.75, 3.05) is 32.1 Å². The minimum atomic E-state index is -0.122. The number of benzene rings is 1. The van der Waals surface area contributed by atoms with E-state index >= 15 is 0 Å². The van der Waals surface area contributed by atoms with Crippen LogP contribution in [0.4, 0.5) is 11.5 Å². The average molecular weight is 380 g/mol. The number of aliphatic hydroxyl groups excluding tert-OH is 1. The van der Waals surface area contributed by atoms with Gasteiger partial charge in [0.25, 0.3) is 5.88 Å². The van der Waals surface area contributed by atoms with E-state index in [1.165, 1.54) is 6.07 Å². The molecule has 2 heterocycles. The van der Waals surface area contributed by atoms with Crippen LogP contribution in [0.5, 0.6) is 11.6 Å². The van der Waals surface area contributed by atoms with E-state index in [2.05, 4.69) is 19.0 Å². The molecule has 0 amide bonds. The first-order valence-electron chi connectivity index (χ1n) is 8.41. The van der Waals surface area contributed by atoms with Gasteiger partial charge in [0, 0.05) is 6.54 Å². The number of aldehydes is 1. The van der Waals surface area contributed by atoms with Crippen LogP contribution in [0.25, 0.3) is 0 Å². The number of β-amino-alcohol motifs (C(OH)–C–C–N with tert-alkyl or cyclic N) is 1. The van der Waals surface area contributed by atoms with E-state index < -0.39 is 0 Å². The van der Waals surface area contributed by atoms with Gasteiger partial charge in [-0.3, -0.25) is 4.79 Å². The predicted molar refractivity (Wildman–Crippen MR) is 101 cm³/mol. The van der Waals surface area contributed by atoms with Crippen LogP contribution in [0.1, 0.15) is 30.1 Å². The molecule has 1 atom stereocenters. The van der Waals surface area contributed by atoms with Crippen molar-refractivity contribution in [3.8, 4) is 11.6 Å². The zero-order valence-corrected chi connectivity index (χ0v) is 15.7. The summed E-state index contributed by atoms with van der Waals surface area (Å²) in [5.41, 5.74) is 0.592. The summed E-state index contributed by atoms with van der Waals surface area (Å²) in [6.45, 7) is 4.32. The first-order chi connectivity index (χ1) is 12.5. The quantitative estimate of drug-likeness (QED) is 0.536. The number of carbonyl (C=O) groups excluding carboxylic acids is 1. The number of nitrogens with zero attached hydrogens (tertiary/aromatic N) is 3. The number of hydrogen-bond donors (Lipinski definition) is 3. The Hall–Kier alpha value is -2.23. The number of phenols is 1. The van der Waals surface area contributed by atoms with E-state index in [-0.39, 0.29) is 17.4 Å². The summed E-state index contributed by atoms with van der Waals surface area (Å²) >= 11 is 1.00. The number of rotatable bonds is 5. The molecule has 0 radical (unpaired) electrons. The number of nitrogens with one attached hydrogen (secondary N) is 1. The fourth-order valence-electron chi connectivity index (χ4n) is 2.51. The molecule has 0 saturated carbocycles. The molecule has 1 saturated heterocycles. The van der Waals surface area contributed by atoms with Gasteiger partial charge >= 0.3 is 0 Å². The molecule has 1 aromatic carbocycles. The van der Waals surface area contributed by atoms with Gasteiger partial charge in [0.15, 0.2) is 6.29 Å². The first kappa shape index (κ1) is 20.1. The summed E-state index contributed by atoms with van der Waals surface area (Å²) < 4.78 is 13.3. The molecular formula is C17H24N4O4S. The van der Waals surface area contributed by atoms with Crippen molar-refractivity contribution in [1.82, 2.24) is 13.6 Å². The zero-order valence-electron chi connectivity index (χ0n) is 14.9. The van der Waals surface area contributed by atoms with Crippen LogP contribution in [0.2, 0.25) is 0 Å². The fraction of sp³-hybridized carbons (Fsp3) is 0.471. The Balaban J connectivity index is 0.000000254. The Morgan fingerprint density at radius 3 is 2.88 bits per heavy atom. The molecule has 0 bridgehead atoms. The molecular weight excluding hydrogens is 356 g/mol. The lowest BCUT2D eigenvalue weighted by molar-refractivity contribution is 0.0846. The molecule has 142 valence electrons. The third-order valence-electron chi connectivity index (χ3n) is 3.79. The number of ether oxygens (including phenoxy) is 1. The number of piperidine rings is 1. The zero-order chi connectivity index (χ0) is 18.9. The van der Waals surface area contributed by atoms with Crippen molar-refractivity contribution >= 4 is 29.5 Å². The molecule has 3 N–H and O–H groups in total. The summed E-state index contributed by atoms with van der Waals surface area (Å²) in [7, 11) is 2.04. The number of aliphatic hydroxyl groups is 1. The van der Waals surface area contributed by atoms with Gasteiger partial charge in [-0.25, -0.2) is 0 Å². The third-order valence-corrected chi connectivity index (χ3v) is 4.30. The van der Waals surface area contributed by atoms with E-state index in [1.54, 1.807) is 12.1 Å². The van der Waals surface area contributed by atoms with Crippen LogP contribution in [0, 0.1) is 0 Å². The molecule has 3 rings (SSSR count). The molecule has 26 heavy (non-hydrogen) atoms. The summed E-state index contributed by atoms with van der Waals surface area (Å²) in [5, 5.41) is 21.8. The van der Waals surface area contributed by atoms with Gasteiger partial charge < -0.3 is 25.2 Å². The largest absolute Gasteiger partial charge is 0.505 e. The second-order valence-corrected chi connectivity index (χ2v) is 6.42. The fourth-order valence-corrected chi connectivity index (χ4v) is 2.97. The van der Waals surface area contributed by atoms with Gasteiger partial charge in [0.2, 0.25) is 5.82 Å².